The molecule has 0 radical (unpaired) electrons. The molecule has 1 saturated heterocycles. The highest BCUT2D eigenvalue weighted by Crippen LogP contribution is 2.60. The number of epoxide rings is 1. The zero-order valence-corrected chi connectivity index (χ0v) is 15.8. The van der Waals surface area contributed by atoms with Crippen molar-refractivity contribution in [2.75, 3.05) is 0 Å². The van der Waals surface area contributed by atoms with Gasteiger partial charge in [0, 0.05) is 12.0 Å². The molecular formula is C21H28O4. The smallest absolute Gasteiger partial charge is 0.310 e. The Kier molecular flexibility index (Phi) is 4.52. The van der Waals surface area contributed by atoms with Crippen molar-refractivity contribution >= 4 is 11.8 Å². The van der Waals surface area contributed by atoms with Gasteiger partial charge in [-0.2, -0.15) is 0 Å². The first-order chi connectivity index (χ1) is 11.7. The van der Waals surface area contributed by atoms with E-state index in [1.54, 1.807) is 6.08 Å². The first-order valence-corrected chi connectivity index (χ1v) is 9.03. The van der Waals surface area contributed by atoms with E-state index < -0.39 is 6.10 Å². The van der Waals surface area contributed by atoms with Crippen molar-refractivity contribution in [1.29, 1.82) is 0 Å². The molecule has 1 heterocycles. The molecule has 0 aromatic carbocycles. The Morgan fingerprint density at radius 3 is 2.64 bits per heavy atom. The van der Waals surface area contributed by atoms with Gasteiger partial charge in [0.1, 0.15) is 12.2 Å². The lowest BCUT2D eigenvalue weighted by atomic mass is 10.0. The zero-order chi connectivity index (χ0) is 18.5. The largest absolute Gasteiger partial charge is 0.457 e. The minimum absolute atomic E-state index is 0.0465. The maximum Gasteiger partial charge on any atom is 0.310 e. The molecular weight excluding hydrogens is 316 g/mol. The van der Waals surface area contributed by atoms with Gasteiger partial charge in [-0.05, 0) is 37.7 Å². The molecule has 0 amide bonds. The first-order valence-electron chi connectivity index (χ1n) is 9.03. The van der Waals surface area contributed by atoms with Crippen molar-refractivity contribution in [3.63, 3.8) is 0 Å². The lowest BCUT2D eigenvalue weighted by Crippen LogP contribution is -2.20. The van der Waals surface area contributed by atoms with Gasteiger partial charge < -0.3 is 9.47 Å². The Hall–Kier alpha value is -1.68. The van der Waals surface area contributed by atoms with Gasteiger partial charge in [-0.3, -0.25) is 9.59 Å². The van der Waals surface area contributed by atoms with Crippen molar-refractivity contribution in [3.8, 4) is 0 Å². The molecule has 0 N–H and O–H groups in total. The number of carbonyl (C=O) groups excluding carboxylic acids is 2. The maximum absolute atomic E-state index is 12.6. The fourth-order valence-electron chi connectivity index (χ4n) is 4.00. The fourth-order valence-corrected chi connectivity index (χ4v) is 4.00. The third-order valence-electron chi connectivity index (χ3n) is 5.86. The van der Waals surface area contributed by atoms with Gasteiger partial charge in [0.25, 0.3) is 0 Å². The molecule has 3 rings (SSSR count). The minimum atomic E-state index is -0.417. The second kappa shape index (κ2) is 6.24. The second-order valence-electron chi connectivity index (χ2n) is 8.36. The van der Waals surface area contributed by atoms with E-state index in [4.69, 9.17) is 9.47 Å². The number of hydrogen-bond donors (Lipinski definition) is 0. The maximum atomic E-state index is 12.6. The summed E-state index contributed by atoms with van der Waals surface area (Å²) in [4.78, 5) is 25.0. The van der Waals surface area contributed by atoms with Crippen molar-refractivity contribution in [3.05, 3.63) is 35.5 Å². The van der Waals surface area contributed by atoms with E-state index >= 15 is 0 Å². The van der Waals surface area contributed by atoms with Crippen molar-refractivity contribution in [2.45, 2.75) is 65.8 Å². The Morgan fingerprint density at radius 2 is 2.08 bits per heavy atom. The number of hydrogen-bond acceptors (Lipinski definition) is 4. The van der Waals surface area contributed by atoms with E-state index in [2.05, 4.69) is 26.5 Å². The molecule has 4 nitrogen and oxygen atoms in total. The van der Waals surface area contributed by atoms with Gasteiger partial charge in [0.2, 0.25) is 0 Å². The van der Waals surface area contributed by atoms with Crippen LogP contribution in [-0.2, 0) is 19.1 Å². The number of Topliss-reactive ketones (excluding diaryl/α,β-unsaturated/α-hetero) is 1. The number of esters is 1. The Labute approximate surface area is 150 Å². The predicted molar refractivity (Wildman–Crippen MR) is 95.9 cm³/mol. The van der Waals surface area contributed by atoms with Crippen LogP contribution in [0.4, 0.5) is 0 Å². The van der Waals surface area contributed by atoms with E-state index in [9.17, 15) is 9.59 Å². The summed E-state index contributed by atoms with van der Waals surface area (Å²) in [5, 5.41) is 0. The van der Waals surface area contributed by atoms with Crippen LogP contribution < -0.4 is 0 Å². The molecule has 0 bridgehead atoms. The van der Waals surface area contributed by atoms with Gasteiger partial charge in [-0.15, -0.1) is 6.58 Å². The number of ether oxygens (including phenoxy) is 2. The third-order valence-corrected chi connectivity index (χ3v) is 5.86. The normalized spacial score (nSPS) is 35.4. The number of allylic oxidation sites excluding steroid dienone is 2. The molecule has 4 heteroatoms. The highest BCUT2D eigenvalue weighted by atomic mass is 16.6. The molecule has 2 aliphatic carbocycles. The lowest BCUT2D eigenvalue weighted by molar-refractivity contribution is -0.150. The summed E-state index contributed by atoms with van der Waals surface area (Å²) in [6, 6.07) is 0. The number of ketones is 1. The summed E-state index contributed by atoms with van der Waals surface area (Å²) < 4.78 is 11.2. The number of carbonyl (C=O) groups is 2. The van der Waals surface area contributed by atoms with Gasteiger partial charge in [0.05, 0.1) is 18.4 Å². The standard InChI is InChI=1S/C21H28O4/c1-7-16-18(24-16)9-13-12(4)17(10-15(13)22)25-20(23)19-14(8-11(2)3)21(19,5)6/h7-8,14,16-19H,1,9-10H2,2-6H3/t14-,16+,17?,18-,19+/m1/s1. The van der Waals surface area contributed by atoms with Gasteiger partial charge in [-0.1, -0.05) is 31.6 Å². The molecule has 0 aromatic heterocycles. The van der Waals surface area contributed by atoms with Crippen molar-refractivity contribution < 1.29 is 19.1 Å². The Bertz CT molecular complexity index is 678. The Balaban J connectivity index is 1.64. The molecule has 0 spiro atoms. The summed E-state index contributed by atoms with van der Waals surface area (Å²) in [6.07, 6.45) is 4.44. The third kappa shape index (κ3) is 3.37. The van der Waals surface area contributed by atoms with Crippen LogP contribution in [0, 0.1) is 17.3 Å². The summed E-state index contributed by atoms with van der Waals surface area (Å²) in [5.74, 6) is -0.00704. The summed E-state index contributed by atoms with van der Waals surface area (Å²) in [6.45, 7) is 13.9. The molecule has 0 aromatic rings. The van der Waals surface area contributed by atoms with Crippen LogP contribution in [0.15, 0.2) is 35.5 Å². The topological polar surface area (TPSA) is 55.9 Å². The molecule has 1 unspecified atom stereocenters. The van der Waals surface area contributed by atoms with E-state index in [1.807, 2.05) is 20.8 Å². The van der Waals surface area contributed by atoms with Gasteiger partial charge in [-0.25, -0.2) is 0 Å². The molecule has 5 atom stereocenters. The van der Waals surface area contributed by atoms with E-state index in [-0.39, 0.29) is 47.6 Å². The van der Waals surface area contributed by atoms with E-state index in [0.717, 1.165) is 11.1 Å². The molecule has 3 aliphatic rings. The van der Waals surface area contributed by atoms with Gasteiger partial charge >= 0.3 is 5.97 Å². The lowest BCUT2D eigenvalue weighted by Gasteiger charge is -2.14. The average molecular weight is 344 g/mol. The van der Waals surface area contributed by atoms with Crippen LogP contribution in [-0.4, -0.2) is 30.1 Å². The van der Waals surface area contributed by atoms with Crippen LogP contribution in [0.1, 0.15) is 47.5 Å². The van der Waals surface area contributed by atoms with Gasteiger partial charge in [0.15, 0.2) is 5.78 Å². The van der Waals surface area contributed by atoms with E-state index in [1.165, 1.54) is 5.57 Å². The van der Waals surface area contributed by atoms with Crippen molar-refractivity contribution in [2.24, 2.45) is 17.3 Å². The highest BCUT2D eigenvalue weighted by Gasteiger charge is 2.61. The molecule has 136 valence electrons. The highest BCUT2D eigenvalue weighted by molar-refractivity contribution is 6.00. The minimum Gasteiger partial charge on any atom is -0.457 e. The first kappa shape index (κ1) is 18.1. The molecule has 1 aliphatic heterocycles. The summed E-state index contributed by atoms with van der Waals surface area (Å²) in [5.41, 5.74) is 2.79. The van der Waals surface area contributed by atoms with Crippen LogP contribution in [0.3, 0.4) is 0 Å². The quantitative estimate of drug-likeness (QED) is 0.418. The average Bonchev–Trinajstić information content (AvgIpc) is 3.35. The van der Waals surface area contributed by atoms with Crippen LogP contribution in [0.25, 0.3) is 0 Å². The van der Waals surface area contributed by atoms with Crippen LogP contribution in [0.5, 0.6) is 0 Å². The second-order valence-corrected chi connectivity index (χ2v) is 8.36. The van der Waals surface area contributed by atoms with Crippen LogP contribution in [0.2, 0.25) is 0 Å². The molecule has 25 heavy (non-hydrogen) atoms. The summed E-state index contributed by atoms with van der Waals surface area (Å²) >= 11 is 0. The summed E-state index contributed by atoms with van der Waals surface area (Å²) in [7, 11) is 0. The molecule has 2 fully saturated rings. The SMILES string of the molecule is C=C[C@@H]1O[C@@H]1CC1=C(C)C(OC(=O)[C@@H]2[C@@H](C=C(C)C)C2(C)C)CC1=O. The Morgan fingerprint density at radius 1 is 1.40 bits per heavy atom. The number of rotatable bonds is 6. The van der Waals surface area contributed by atoms with E-state index in [0.29, 0.717) is 6.42 Å². The van der Waals surface area contributed by atoms with Crippen LogP contribution >= 0.6 is 0 Å². The van der Waals surface area contributed by atoms with Crippen molar-refractivity contribution in [1.82, 2.24) is 0 Å². The molecule has 1 saturated carbocycles. The zero-order valence-electron chi connectivity index (χ0n) is 15.8. The monoisotopic (exact) mass is 344 g/mol. The fraction of sp³-hybridized carbons (Fsp3) is 0.619. The predicted octanol–water partition coefficient (Wildman–Crippen LogP) is 3.77.